The Morgan fingerprint density at radius 2 is 2.21 bits per heavy atom. The van der Waals surface area contributed by atoms with Crippen molar-refractivity contribution >= 4 is 17.4 Å². The molecule has 102 valence electrons. The van der Waals surface area contributed by atoms with E-state index in [1.807, 2.05) is 12.1 Å². The molecule has 1 aliphatic rings. The normalized spacial score (nSPS) is 19.4. The number of nitrogens with one attached hydrogen (secondary N) is 1. The van der Waals surface area contributed by atoms with Crippen molar-refractivity contribution in [3.05, 3.63) is 29.8 Å². The fraction of sp³-hybridized carbons (Fsp3) is 0.385. The van der Waals surface area contributed by atoms with Crippen LogP contribution < -0.4 is 11.1 Å². The summed E-state index contributed by atoms with van der Waals surface area (Å²) in [4.78, 5) is 11.9. The molecule has 0 aromatic heterocycles. The SMILES string of the molecule is NC(Cc1ccc(NC(=O)C2CCOC2)cc1)=NO. The molecule has 0 bridgehead atoms. The van der Waals surface area contributed by atoms with Gasteiger partial charge in [0, 0.05) is 18.7 Å². The van der Waals surface area contributed by atoms with Gasteiger partial charge in [-0.15, -0.1) is 0 Å². The fourth-order valence-corrected chi connectivity index (χ4v) is 1.94. The third kappa shape index (κ3) is 3.69. The van der Waals surface area contributed by atoms with Crippen LogP contribution in [-0.2, 0) is 16.0 Å². The smallest absolute Gasteiger partial charge is 0.229 e. The molecule has 0 radical (unpaired) electrons. The number of rotatable bonds is 4. The van der Waals surface area contributed by atoms with Crippen LogP contribution in [0, 0.1) is 5.92 Å². The monoisotopic (exact) mass is 263 g/mol. The number of amidine groups is 1. The number of carbonyl (C=O) groups is 1. The molecular weight excluding hydrogens is 246 g/mol. The van der Waals surface area contributed by atoms with Crippen molar-refractivity contribution in [3.8, 4) is 0 Å². The topological polar surface area (TPSA) is 96.9 Å². The van der Waals surface area contributed by atoms with E-state index >= 15 is 0 Å². The number of nitrogens with zero attached hydrogens (tertiary/aromatic N) is 1. The van der Waals surface area contributed by atoms with Crippen molar-refractivity contribution in [2.24, 2.45) is 16.8 Å². The average Bonchev–Trinajstić information content (AvgIpc) is 2.95. The average molecular weight is 263 g/mol. The van der Waals surface area contributed by atoms with Gasteiger partial charge in [-0.3, -0.25) is 4.79 Å². The van der Waals surface area contributed by atoms with Crippen molar-refractivity contribution in [1.82, 2.24) is 0 Å². The molecule has 0 spiro atoms. The molecular formula is C13H17N3O3. The van der Waals surface area contributed by atoms with Crippen molar-refractivity contribution < 1.29 is 14.7 Å². The van der Waals surface area contributed by atoms with E-state index in [9.17, 15) is 4.79 Å². The molecule has 6 heteroatoms. The van der Waals surface area contributed by atoms with Crippen LogP contribution in [0.15, 0.2) is 29.4 Å². The van der Waals surface area contributed by atoms with E-state index < -0.39 is 0 Å². The summed E-state index contributed by atoms with van der Waals surface area (Å²) in [5.41, 5.74) is 7.07. The number of amides is 1. The summed E-state index contributed by atoms with van der Waals surface area (Å²) in [6.07, 6.45) is 1.15. The Kier molecular flexibility index (Phi) is 4.35. The zero-order valence-corrected chi connectivity index (χ0v) is 10.5. The molecule has 4 N–H and O–H groups in total. The van der Waals surface area contributed by atoms with Crippen molar-refractivity contribution in [2.75, 3.05) is 18.5 Å². The van der Waals surface area contributed by atoms with Gasteiger partial charge >= 0.3 is 0 Å². The van der Waals surface area contributed by atoms with Gasteiger partial charge in [0.15, 0.2) is 0 Å². The zero-order valence-electron chi connectivity index (χ0n) is 10.5. The number of carbonyl (C=O) groups excluding carboxylic acids is 1. The summed E-state index contributed by atoms with van der Waals surface area (Å²) in [6, 6.07) is 7.26. The van der Waals surface area contributed by atoms with E-state index in [1.54, 1.807) is 12.1 Å². The Morgan fingerprint density at radius 1 is 1.47 bits per heavy atom. The second-order valence-electron chi connectivity index (χ2n) is 4.51. The molecule has 0 aliphatic carbocycles. The highest BCUT2D eigenvalue weighted by atomic mass is 16.5. The summed E-state index contributed by atoms with van der Waals surface area (Å²) in [5.74, 6) is 0.0819. The van der Waals surface area contributed by atoms with Gasteiger partial charge in [0.2, 0.25) is 5.91 Å². The van der Waals surface area contributed by atoms with E-state index in [4.69, 9.17) is 15.7 Å². The molecule has 19 heavy (non-hydrogen) atoms. The van der Waals surface area contributed by atoms with E-state index in [2.05, 4.69) is 10.5 Å². The molecule has 1 unspecified atom stereocenters. The van der Waals surface area contributed by atoms with Crippen LogP contribution in [0.3, 0.4) is 0 Å². The quantitative estimate of drug-likeness (QED) is 0.326. The Balaban J connectivity index is 1.92. The van der Waals surface area contributed by atoms with Crippen molar-refractivity contribution in [3.63, 3.8) is 0 Å². The van der Waals surface area contributed by atoms with Crippen LogP contribution in [0.25, 0.3) is 0 Å². The number of benzene rings is 1. The standard InChI is InChI=1S/C13H17N3O3/c14-12(16-18)7-9-1-3-11(4-2-9)15-13(17)10-5-6-19-8-10/h1-4,10,18H,5-8H2,(H2,14,16)(H,15,17). The second kappa shape index (κ2) is 6.19. The van der Waals surface area contributed by atoms with Crippen LogP contribution in [0.1, 0.15) is 12.0 Å². The minimum atomic E-state index is -0.0585. The maximum absolute atomic E-state index is 11.9. The first kappa shape index (κ1) is 13.4. The summed E-state index contributed by atoms with van der Waals surface area (Å²) in [5, 5.41) is 14.3. The number of oxime groups is 1. The molecule has 1 heterocycles. The Morgan fingerprint density at radius 3 is 2.79 bits per heavy atom. The van der Waals surface area contributed by atoms with Crippen LogP contribution in [0.4, 0.5) is 5.69 Å². The molecule has 1 aromatic carbocycles. The molecule has 0 saturated carbocycles. The Hall–Kier alpha value is -2.08. The van der Waals surface area contributed by atoms with Crippen molar-refractivity contribution in [1.29, 1.82) is 0 Å². The summed E-state index contributed by atoms with van der Waals surface area (Å²) < 4.78 is 5.18. The van der Waals surface area contributed by atoms with Gasteiger partial charge in [-0.25, -0.2) is 0 Å². The summed E-state index contributed by atoms with van der Waals surface area (Å²) in [6.45, 7) is 1.14. The molecule has 2 rings (SSSR count). The third-order valence-corrected chi connectivity index (χ3v) is 3.04. The summed E-state index contributed by atoms with van der Waals surface area (Å²) in [7, 11) is 0. The zero-order chi connectivity index (χ0) is 13.7. The van der Waals surface area contributed by atoms with Gasteiger partial charge in [-0.05, 0) is 24.1 Å². The van der Waals surface area contributed by atoms with Gasteiger partial charge in [0.25, 0.3) is 0 Å². The van der Waals surface area contributed by atoms with Gasteiger partial charge in [0.1, 0.15) is 5.84 Å². The second-order valence-corrected chi connectivity index (χ2v) is 4.51. The maximum Gasteiger partial charge on any atom is 0.229 e. The van der Waals surface area contributed by atoms with Crippen LogP contribution in [-0.4, -0.2) is 30.2 Å². The van der Waals surface area contributed by atoms with Gasteiger partial charge < -0.3 is 21.0 Å². The molecule has 1 aliphatic heterocycles. The molecule has 1 atom stereocenters. The first-order valence-electron chi connectivity index (χ1n) is 6.13. The number of hydrogen-bond donors (Lipinski definition) is 3. The van der Waals surface area contributed by atoms with Crippen molar-refractivity contribution in [2.45, 2.75) is 12.8 Å². The molecule has 1 saturated heterocycles. The highest BCUT2D eigenvalue weighted by Crippen LogP contribution is 2.16. The van der Waals surface area contributed by atoms with E-state index in [0.29, 0.717) is 19.6 Å². The van der Waals surface area contributed by atoms with E-state index in [0.717, 1.165) is 17.7 Å². The Labute approximate surface area is 111 Å². The summed E-state index contributed by atoms with van der Waals surface area (Å²) >= 11 is 0. The minimum Gasteiger partial charge on any atom is -0.409 e. The Bertz CT molecular complexity index is 465. The van der Waals surface area contributed by atoms with Gasteiger partial charge in [-0.2, -0.15) is 0 Å². The number of nitrogens with two attached hydrogens (primary N) is 1. The van der Waals surface area contributed by atoms with E-state index in [1.165, 1.54) is 0 Å². The fourth-order valence-electron chi connectivity index (χ4n) is 1.94. The number of hydrogen-bond acceptors (Lipinski definition) is 4. The lowest BCUT2D eigenvalue weighted by Crippen LogP contribution is -2.22. The van der Waals surface area contributed by atoms with E-state index in [-0.39, 0.29) is 17.7 Å². The minimum absolute atomic E-state index is 0.0123. The lowest BCUT2D eigenvalue weighted by molar-refractivity contribution is -0.119. The lowest BCUT2D eigenvalue weighted by atomic mass is 10.1. The van der Waals surface area contributed by atoms with Gasteiger partial charge in [-0.1, -0.05) is 17.3 Å². The highest BCUT2D eigenvalue weighted by Gasteiger charge is 2.23. The predicted octanol–water partition coefficient (Wildman–Crippen LogP) is 0.950. The highest BCUT2D eigenvalue weighted by molar-refractivity contribution is 5.92. The molecule has 1 fully saturated rings. The van der Waals surface area contributed by atoms with Crippen LogP contribution in [0.2, 0.25) is 0 Å². The lowest BCUT2D eigenvalue weighted by Gasteiger charge is -2.09. The number of anilines is 1. The maximum atomic E-state index is 11.9. The number of ether oxygens (including phenoxy) is 1. The van der Waals surface area contributed by atoms with Gasteiger partial charge in [0.05, 0.1) is 12.5 Å². The first-order chi connectivity index (χ1) is 9.19. The third-order valence-electron chi connectivity index (χ3n) is 3.04. The molecule has 1 amide bonds. The largest absolute Gasteiger partial charge is 0.409 e. The first-order valence-corrected chi connectivity index (χ1v) is 6.13. The molecule has 1 aromatic rings. The predicted molar refractivity (Wildman–Crippen MR) is 71.1 cm³/mol. The van der Waals surface area contributed by atoms with Crippen LogP contribution >= 0.6 is 0 Å². The molecule has 6 nitrogen and oxygen atoms in total. The van der Waals surface area contributed by atoms with Crippen LogP contribution in [0.5, 0.6) is 0 Å².